The second-order valence-electron chi connectivity index (χ2n) is 6.05. The minimum Gasteiger partial charge on any atom is -0.507 e. The van der Waals surface area contributed by atoms with E-state index in [1.54, 1.807) is 54.6 Å². The molecule has 0 radical (unpaired) electrons. The predicted octanol–water partition coefficient (Wildman–Crippen LogP) is 3.24. The average molecular weight is 386 g/mol. The lowest BCUT2D eigenvalue weighted by molar-refractivity contribution is -0.142. The monoisotopic (exact) mass is 385 g/mol. The van der Waals surface area contributed by atoms with Crippen molar-refractivity contribution in [3.8, 4) is 0 Å². The second-order valence-corrected chi connectivity index (χ2v) is 6.49. The smallest absolute Gasteiger partial charge is 0.305 e. The maximum Gasteiger partial charge on any atom is 0.305 e. The summed E-state index contributed by atoms with van der Waals surface area (Å²) >= 11 is 5.92. The molecule has 2 aromatic rings. The summed E-state index contributed by atoms with van der Waals surface area (Å²) in [6.45, 7) is -0.154. The van der Waals surface area contributed by atoms with Gasteiger partial charge in [0.25, 0.3) is 11.7 Å². The summed E-state index contributed by atoms with van der Waals surface area (Å²) in [7, 11) is 0. The standard InChI is InChI=1S/C20H16ClNO5/c21-14-8-6-12(7-9-14)17-16(18(25)13-4-2-1-3-5-13)19(26)20(27)22(17)11-10-15(23)24/h1-9,17,25H,10-11H2,(H,23,24)/t17-/m1/s1. The minimum absolute atomic E-state index is 0.0705. The Balaban J connectivity index is 2.14. The highest BCUT2D eigenvalue weighted by atomic mass is 35.5. The molecule has 0 saturated carbocycles. The molecule has 1 saturated heterocycles. The number of hydrogen-bond donors (Lipinski definition) is 2. The van der Waals surface area contributed by atoms with Crippen LogP contribution in [0, 0.1) is 0 Å². The van der Waals surface area contributed by atoms with E-state index < -0.39 is 23.7 Å². The van der Waals surface area contributed by atoms with Crippen LogP contribution in [0.3, 0.4) is 0 Å². The molecule has 1 amide bonds. The molecule has 7 heteroatoms. The number of carboxylic acids is 1. The van der Waals surface area contributed by atoms with Crippen LogP contribution in [0.15, 0.2) is 60.2 Å². The van der Waals surface area contributed by atoms with Crippen LogP contribution in [0.1, 0.15) is 23.6 Å². The number of Topliss-reactive ketones (excluding diaryl/α,β-unsaturated/α-hetero) is 1. The number of aliphatic carboxylic acids is 1. The molecule has 1 aliphatic rings. The van der Waals surface area contributed by atoms with Crippen LogP contribution in [-0.4, -0.2) is 39.3 Å². The van der Waals surface area contributed by atoms with Crippen molar-refractivity contribution < 1.29 is 24.6 Å². The normalized spacial score (nSPS) is 18.7. The van der Waals surface area contributed by atoms with Crippen LogP contribution >= 0.6 is 11.6 Å². The van der Waals surface area contributed by atoms with Crippen molar-refractivity contribution in [3.05, 3.63) is 76.3 Å². The quantitative estimate of drug-likeness (QED) is 0.468. The molecule has 1 atom stereocenters. The van der Waals surface area contributed by atoms with E-state index in [1.807, 2.05) is 0 Å². The third-order valence-corrected chi connectivity index (χ3v) is 4.59. The zero-order chi connectivity index (χ0) is 19.6. The molecule has 3 rings (SSSR count). The highest BCUT2D eigenvalue weighted by Crippen LogP contribution is 2.39. The molecule has 27 heavy (non-hydrogen) atoms. The molecule has 2 aromatic carbocycles. The van der Waals surface area contributed by atoms with E-state index in [0.717, 1.165) is 0 Å². The maximum absolute atomic E-state index is 12.6. The summed E-state index contributed by atoms with van der Waals surface area (Å²) < 4.78 is 0. The van der Waals surface area contributed by atoms with E-state index in [1.165, 1.54) is 4.90 Å². The Morgan fingerprint density at radius 3 is 2.22 bits per heavy atom. The van der Waals surface area contributed by atoms with E-state index in [2.05, 4.69) is 0 Å². The number of carbonyl (C=O) groups is 3. The van der Waals surface area contributed by atoms with E-state index in [-0.39, 0.29) is 24.3 Å². The van der Waals surface area contributed by atoms with Gasteiger partial charge in [-0.15, -0.1) is 0 Å². The third-order valence-electron chi connectivity index (χ3n) is 4.34. The van der Waals surface area contributed by atoms with E-state index in [4.69, 9.17) is 16.7 Å². The molecule has 0 bridgehead atoms. The first kappa shape index (κ1) is 18.7. The molecular weight excluding hydrogens is 370 g/mol. The number of ketones is 1. The van der Waals surface area contributed by atoms with Crippen molar-refractivity contribution >= 4 is 35.0 Å². The number of aliphatic hydroxyl groups excluding tert-OH is 1. The van der Waals surface area contributed by atoms with Crippen molar-refractivity contribution in [1.82, 2.24) is 4.90 Å². The van der Waals surface area contributed by atoms with Gasteiger partial charge in [-0.1, -0.05) is 54.1 Å². The van der Waals surface area contributed by atoms with Crippen molar-refractivity contribution in [2.75, 3.05) is 6.54 Å². The first-order chi connectivity index (χ1) is 12.9. The number of carboxylic acid groups (broad SMARTS) is 1. The van der Waals surface area contributed by atoms with Gasteiger partial charge in [-0.2, -0.15) is 0 Å². The summed E-state index contributed by atoms with van der Waals surface area (Å²) in [5.74, 6) is -3.07. The van der Waals surface area contributed by atoms with Crippen LogP contribution < -0.4 is 0 Å². The predicted molar refractivity (Wildman–Crippen MR) is 99.2 cm³/mol. The van der Waals surface area contributed by atoms with Crippen molar-refractivity contribution in [2.45, 2.75) is 12.5 Å². The van der Waals surface area contributed by atoms with Gasteiger partial charge in [-0.05, 0) is 17.7 Å². The molecular formula is C20H16ClNO5. The molecule has 6 nitrogen and oxygen atoms in total. The zero-order valence-corrected chi connectivity index (χ0v) is 14.9. The highest BCUT2D eigenvalue weighted by Gasteiger charge is 2.45. The van der Waals surface area contributed by atoms with Gasteiger partial charge in [-0.25, -0.2) is 0 Å². The highest BCUT2D eigenvalue weighted by molar-refractivity contribution is 6.46. The number of likely N-dealkylation sites (tertiary alicyclic amines) is 1. The summed E-state index contributed by atoms with van der Waals surface area (Å²) in [4.78, 5) is 37.3. The number of benzene rings is 2. The van der Waals surface area contributed by atoms with Gasteiger partial charge in [0.05, 0.1) is 18.0 Å². The summed E-state index contributed by atoms with van der Waals surface area (Å²) in [6, 6.07) is 14.0. The molecule has 0 spiro atoms. The number of carbonyl (C=O) groups excluding carboxylic acids is 2. The lowest BCUT2D eigenvalue weighted by Gasteiger charge is -2.24. The first-order valence-corrected chi connectivity index (χ1v) is 8.59. The molecule has 1 aliphatic heterocycles. The van der Waals surface area contributed by atoms with Gasteiger partial charge in [0.2, 0.25) is 0 Å². The SMILES string of the molecule is O=C(O)CCN1C(=O)C(=O)C(=C(O)c2ccccc2)[C@H]1c1ccc(Cl)cc1. The Morgan fingerprint density at radius 2 is 1.63 bits per heavy atom. The average Bonchev–Trinajstić information content (AvgIpc) is 2.91. The van der Waals surface area contributed by atoms with Crippen LogP contribution in [0.25, 0.3) is 5.76 Å². The molecule has 1 heterocycles. The molecule has 1 fully saturated rings. The fourth-order valence-corrected chi connectivity index (χ4v) is 3.20. The van der Waals surface area contributed by atoms with Crippen LogP contribution in [0.4, 0.5) is 0 Å². The third kappa shape index (κ3) is 3.71. The Labute approximate surface area is 160 Å². The van der Waals surface area contributed by atoms with Crippen molar-refractivity contribution in [1.29, 1.82) is 0 Å². The topological polar surface area (TPSA) is 94.9 Å². The molecule has 2 N–H and O–H groups in total. The number of amides is 1. The van der Waals surface area contributed by atoms with Crippen LogP contribution in [0.2, 0.25) is 5.02 Å². The first-order valence-electron chi connectivity index (χ1n) is 8.21. The molecule has 0 aromatic heterocycles. The molecule has 138 valence electrons. The lowest BCUT2D eigenvalue weighted by Crippen LogP contribution is -2.31. The Morgan fingerprint density at radius 1 is 1.00 bits per heavy atom. The number of nitrogens with zero attached hydrogens (tertiary/aromatic N) is 1. The number of hydrogen-bond acceptors (Lipinski definition) is 4. The van der Waals surface area contributed by atoms with Crippen LogP contribution in [-0.2, 0) is 14.4 Å². The van der Waals surface area contributed by atoms with Gasteiger partial charge >= 0.3 is 5.97 Å². The van der Waals surface area contributed by atoms with E-state index >= 15 is 0 Å². The van der Waals surface area contributed by atoms with E-state index in [9.17, 15) is 19.5 Å². The van der Waals surface area contributed by atoms with Gasteiger partial charge in [0.15, 0.2) is 0 Å². The van der Waals surface area contributed by atoms with Crippen molar-refractivity contribution in [2.24, 2.45) is 0 Å². The van der Waals surface area contributed by atoms with Gasteiger partial charge in [0, 0.05) is 17.1 Å². The minimum atomic E-state index is -1.09. The Hall–Kier alpha value is -3.12. The number of halogens is 1. The fourth-order valence-electron chi connectivity index (χ4n) is 3.07. The summed E-state index contributed by atoms with van der Waals surface area (Å²) in [5, 5.41) is 20.2. The number of rotatable bonds is 5. The molecule has 0 aliphatic carbocycles. The Bertz CT molecular complexity index is 921. The lowest BCUT2D eigenvalue weighted by atomic mass is 9.95. The van der Waals surface area contributed by atoms with Gasteiger partial charge in [0.1, 0.15) is 5.76 Å². The Kier molecular flexibility index (Phi) is 5.28. The summed E-state index contributed by atoms with van der Waals surface area (Å²) in [6.07, 6.45) is -0.317. The maximum atomic E-state index is 12.6. The van der Waals surface area contributed by atoms with Crippen molar-refractivity contribution in [3.63, 3.8) is 0 Å². The van der Waals surface area contributed by atoms with E-state index in [0.29, 0.717) is 16.1 Å². The van der Waals surface area contributed by atoms with Crippen LogP contribution in [0.5, 0.6) is 0 Å². The largest absolute Gasteiger partial charge is 0.507 e. The fraction of sp³-hybridized carbons (Fsp3) is 0.150. The second kappa shape index (κ2) is 7.63. The number of aliphatic hydroxyl groups is 1. The van der Waals surface area contributed by atoms with Gasteiger partial charge in [-0.3, -0.25) is 14.4 Å². The zero-order valence-electron chi connectivity index (χ0n) is 14.1. The summed E-state index contributed by atoms with van der Waals surface area (Å²) in [5.41, 5.74) is 0.882. The molecule has 0 unspecified atom stereocenters. The van der Waals surface area contributed by atoms with Gasteiger partial charge < -0.3 is 15.1 Å².